The fraction of sp³-hybridized carbons (Fsp3) is 0.214. The molecule has 3 rings (SSSR count). The first-order valence-corrected chi connectivity index (χ1v) is 6.60. The minimum atomic E-state index is -0.395. The van der Waals surface area contributed by atoms with E-state index in [2.05, 4.69) is 28.8 Å². The fourth-order valence-corrected chi connectivity index (χ4v) is 2.15. The van der Waals surface area contributed by atoms with Crippen molar-refractivity contribution in [3.63, 3.8) is 0 Å². The average Bonchev–Trinajstić information content (AvgIpc) is 2.75. The summed E-state index contributed by atoms with van der Waals surface area (Å²) in [5.74, 6) is 0.508. The first-order valence-electron chi connectivity index (χ1n) is 6.22. The van der Waals surface area contributed by atoms with Gasteiger partial charge in [-0.1, -0.05) is 19.9 Å². The van der Waals surface area contributed by atoms with E-state index in [4.69, 9.17) is 11.6 Å². The Morgan fingerprint density at radius 3 is 2.80 bits per heavy atom. The van der Waals surface area contributed by atoms with Gasteiger partial charge in [-0.15, -0.1) is 0 Å². The number of fused-ring (bicyclic) bond motifs is 1. The van der Waals surface area contributed by atoms with Crippen molar-refractivity contribution in [2.75, 3.05) is 0 Å². The molecule has 0 amide bonds. The van der Waals surface area contributed by atoms with E-state index in [1.54, 1.807) is 10.6 Å². The molecule has 0 saturated heterocycles. The average molecular weight is 291 g/mol. The van der Waals surface area contributed by atoms with Crippen molar-refractivity contribution in [3.05, 3.63) is 47.4 Å². The van der Waals surface area contributed by atoms with Gasteiger partial charge in [-0.05, 0) is 29.7 Å². The first-order chi connectivity index (χ1) is 9.56. The fourth-order valence-electron chi connectivity index (χ4n) is 2.02. The quantitative estimate of drug-likeness (QED) is 0.675. The lowest BCUT2D eigenvalue weighted by atomic mass is 10.1. The lowest BCUT2D eigenvalue weighted by Gasteiger charge is -2.08. The zero-order valence-electron chi connectivity index (χ0n) is 11.0. The van der Waals surface area contributed by atoms with Crippen molar-refractivity contribution in [1.29, 1.82) is 0 Å². The summed E-state index contributed by atoms with van der Waals surface area (Å²) < 4.78 is 15.5. The molecule has 3 aromatic rings. The van der Waals surface area contributed by atoms with Gasteiger partial charge in [0.1, 0.15) is 5.82 Å². The summed E-state index contributed by atoms with van der Waals surface area (Å²) in [6, 6.07) is 5.64. The summed E-state index contributed by atoms with van der Waals surface area (Å²) in [6.07, 6.45) is 2.73. The molecule has 3 aromatic heterocycles. The summed E-state index contributed by atoms with van der Waals surface area (Å²) in [5, 5.41) is 0.406. The third kappa shape index (κ3) is 2.14. The maximum atomic E-state index is 13.9. The molecule has 0 radical (unpaired) electrons. The molecule has 102 valence electrons. The molecule has 0 aliphatic rings. The van der Waals surface area contributed by atoms with Crippen LogP contribution in [0.5, 0.6) is 0 Å². The Hall–Kier alpha value is -2.01. The Labute approximate surface area is 120 Å². The molecule has 0 atom stereocenters. The van der Waals surface area contributed by atoms with E-state index in [-0.39, 0.29) is 5.28 Å². The van der Waals surface area contributed by atoms with E-state index in [1.807, 2.05) is 12.1 Å². The second-order valence-electron chi connectivity index (χ2n) is 4.80. The molecule has 4 nitrogen and oxygen atoms in total. The van der Waals surface area contributed by atoms with Gasteiger partial charge in [0.05, 0.1) is 5.39 Å². The third-order valence-corrected chi connectivity index (χ3v) is 3.24. The Bertz CT molecular complexity index is 782. The molecule has 0 aromatic carbocycles. The maximum Gasteiger partial charge on any atom is 0.224 e. The van der Waals surface area contributed by atoms with Crippen LogP contribution < -0.4 is 0 Å². The molecule has 0 aliphatic heterocycles. The van der Waals surface area contributed by atoms with Crippen LogP contribution in [0.2, 0.25) is 5.28 Å². The van der Waals surface area contributed by atoms with Crippen molar-refractivity contribution in [2.24, 2.45) is 0 Å². The van der Waals surface area contributed by atoms with Crippen molar-refractivity contribution < 1.29 is 4.39 Å². The normalized spacial score (nSPS) is 11.4. The first kappa shape index (κ1) is 13.0. The van der Waals surface area contributed by atoms with Crippen LogP contribution in [0, 0.1) is 5.82 Å². The Morgan fingerprint density at radius 1 is 1.25 bits per heavy atom. The number of hydrogen-bond donors (Lipinski definition) is 0. The molecular weight excluding hydrogens is 279 g/mol. The van der Waals surface area contributed by atoms with Gasteiger partial charge in [-0.3, -0.25) is 4.57 Å². The zero-order chi connectivity index (χ0) is 14.3. The van der Waals surface area contributed by atoms with Crippen LogP contribution in [0.3, 0.4) is 0 Å². The monoisotopic (exact) mass is 290 g/mol. The predicted octanol–water partition coefficient (Wildman–Crippen LogP) is 3.73. The van der Waals surface area contributed by atoms with Gasteiger partial charge in [-0.2, -0.15) is 4.98 Å². The van der Waals surface area contributed by atoms with Crippen LogP contribution in [0.1, 0.15) is 25.5 Å². The van der Waals surface area contributed by atoms with Crippen molar-refractivity contribution in [2.45, 2.75) is 19.8 Å². The van der Waals surface area contributed by atoms with E-state index in [9.17, 15) is 4.39 Å². The van der Waals surface area contributed by atoms with Crippen LogP contribution in [0.25, 0.3) is 16.9 Å². The second-order valence-corrected chi connectivity index (χ2v) is 5.14. The minimum absolute atomic E-state index is 0.0804. The highest BCUT2D eigenvalue weighted by Crippen LogP contribution is 2.23. The molecule has 0 saturated carbocycles. The standard InChI is InChI=1S/C14H12ClFN4/c1-8(2)11-4-3-5-12(18-11)20-7-10(16)9-6-17-14(15)19-13(9)20/h3-8H,1-2H3. The molecule has 0 unspecified atom stereocenters. The van der Waals surface area contributed by atoms with E-state index in [0.717, 1.165) is 5.69 Å². The zero-order valence-corrected chi connectivity index (χ0v) is 11.8. The summed E-state index contributed by atoms with van der Waals surface area (Å²) in [4.78, 5) is 12.4. The van der Waals surface area contributed by atoms with E-state index >= 15 is 0 Å². The lowest BCUT2D eigenvalue weighted by molar-refractivity contribution is 0.635. The topological polar surface area (TPSA) is 43.6 Å². The summed E-state index contributed by atoms with van der Waals surface area (Å²) in [7, 11) is 0. The largest absolute Gasteiger partial charge is 0.282 e. The summed E-state index contributed by atoms with van der Waals surface area (Å²) in [5.41, 5.74) is 1.35. The molecular formula is C14H12ClFN4. The smallest absolute Gasteiger partial charge is 0.224 e. The molecule has 20 heavy (non-hydrogen) atoms. The highest BCUT2D eigenvalue weighted by Gasteiger charge is 2.13. The molecule has 0 aliphatic carbocycles. The van der Waals surface area contributed by atoms with Crippen LogP contribution in [-0.2, 0) is 0 Å². The van der Waals surface area contributed by atoms with Crippen LogP contribution in [0.15, 0.2) is 30.6 Å². The molecule has 0 N–H and O–H groups in total. The van der Waals surface area contributed by atoms with Gasteiger partial charge in [0.15, 0.2) is 11.5 Å². The molecule has 6 heteroatoms. The number of halogens is 2. The van der Waals surface area contributed by atoms with E-state index in [0.29, 0.717) is 22.8 Å². The number of pyridine rings is 1. The number of rotatable bonds is 2. The summed E-state index contributed by atoms with van der Waals surface area (Å²) >= 11 is 5.79. The lowest BCUT2D eigenvalue weighted by Crippen LogP contribution is -2.01. The highest BCUT2D eigenvalue weighted by atomic mass is 35.5. The second kappa shape index (κ2) is 4.83. The van der Waals surface area contributed by atoms with Crippen LogP contribution >= 0.6 is 11.6 Å². The molecule has 3 heterocycles. The maximum absolute atomic E-state index is 13.9. The number of nitrogens with zero attached hydrogens (tertiary/aromatic N) is 4. The van der Waals surface area contributed by atoms with Crippen molar-refractivity contribution in [1.82, 2.24) is 19.5 Å². The van der Waals surface area contributed by atoms with Crippen molar-refractivity contribution in [3.8, 4) is 5.82 Å². The Morgan fingerprint density at radius 2 is 2.05 bits per heavy atom. The van der Waals surface area contributed by atoms with Crippen LogP contribution in [-0.4, -0.2) is 19.5 Å². The van der Waals surface area contributed by atoms with Crippen molar-refractivity contribution >= 4 is 22.6 Å². The Balaban J connectivity index is 2.24. The van der Waals surface area contributed by atoms with Gasteiger partial charge >= 0.3 is 0 Å². The summed E-state index contributed by atoms with van der Waals surface area (Å²) in [6.45, 7) is 4.11. The number of aromatic nitrogens is 4. The molecule has 0 spiro atoms. The SMILES string of the molecule is CC(C)c1cccc(-n2cc(F)c3cnc(Cl)nc32)n1. The minimum Gasteiger partial charge on any atom is -0.282 e. The van der Waals surface area contributed by atoms with Gasteiger partial charge in [0.2, 0.25) is 5.28 Å². The molecule has 0 fully saturated rings. The number of hydrogen-bond acceptors (Lipinski definition) is 3. The van der Waals surface area contributed by atoms with Gasteiger partial charge in [0.25, 0.3) is 0 Å². The third-order valence-electron chi connectivity index (χ3n) is 3.06. The van der Waals surface area contributed by atoms with Crippen LogP contribution in [0.4, 0.5) is 4.39 Å². The predicted molar refractivity (Wildman–Crippen MR) is 75.7 cm³/mol. The van der Waals surface area contributed by atoms with Gasteiger partial charge in [-0.25, -0.2) is 14.4 Å². The van der Waals surface area contributed by atoms with Gasteiger partial charge in [0, 0.05) is 18.1 Å². The van der Waals surface area contributed by atoms with Gasteiger partial charge < -0.3 is 0 Å². The highest BCUT2D eigenvalue weighted by molar-refractivity contribution is 6.28. The Kier molecular flexibility index (Phi) is 3.14. The van der Waals surface area contributed by atoms with E-state index < -0.39 is 5.82 Å². The molecule has 0 bridgehead atoms. The van der Waals surface area contributed by atoms with E-state index in [1.165, 1.54) is 12.4 Å².